The van der Waals surface area contributed by atoms with Gasteiger partial charge in [-0.05, 0) is 54.9 Å². The van der Waals surface area contributed by atoms with Crippen molar-refractivity contribution in [2.24, 2.45) is 5.10 Å². The summed E-state index contributed by atoms with van der Waals surface area (Å²) in [5.74, 6) is 1.17. The molecular formula is C19H21N5OS. The van der Waals surface area contributed by atoms with E-state index in [0.29, 0.717) is 16.4 Å². The summed E-state index contributed by atoms with van der Waals surface area (Å²) in [7, 11) is 0. The van der Waals surface area contributed by atoms with E-state index in [9.17, 15) is 0 Å². The lowest BCUT2D eigenvalue weighted by atomic mass is 10.2. The maximum atomic E-state index is 5.39. The van der Waals surface area contributed by atoms with Gasteiger partial charge in [0.1, 0.15) is 0 Å². The molecule has 0 atom stereocenters. The lowest BCUT2D eigenvalue weighted by molar-refractivity contribution is 0.573. The third-order valence-corrected chi connectivity index (χ3v) is 4.84. The lowest BCUT2D eigenvalue weighted by Gasteiger charge is -2.22. The number of nitrogens with zero attached hydrogens (tertiary/aromatic N) is 4. The van der Waals surface area contributed by atoms with Crippen LogP contribution < -0.4 is 4.90 Å². The topological polar surface area (TPSA) is 62.4 Å². The van der Waals surface area contributed by atoms with Crippen molar-refractivity contribution < 1.29 is 4.42 Å². The van der Waals surface area contributed by atoms with Gasteiger partial charge in [0.05, 0.1) is 12.5 Å². The molecule has 0 unspecified atom stereocenters. The van der Waals surface area contributed by atoms with Gasteiger partial charge in [0, 0.05) is 18.8 Å². The fraction of sp³-hybridized carbons (Fsp3) is 0.316. The molecule has 1 aromatic carbocycles. The average molecular weight is 367 g/mol. The van der Waals surface area contributed by atoms with E-state index in [1.165, 1.54) is 31.4 Å². The standard InChI is InChI=1S/C19H21N5OS/c26-19-22-21-18(17-6-5-13-25-17)24(19)20-14-15-7-9-16(10-8-15)23-11-3-1-2-4-12-23/h5-10,13-14H,1-4,11-12H2,(H,22,26)/b20-14-. The van der Waals surface area contributed by atoms with Crippen LogP contribution in [0, 0.1) is 4.77 Å². The number of benzene rings is 1. The first-order chi connectivity index (χ1) is 12.8. The van der Waals surface area contributed by atoms with E-state index in [-0.39, 0.29) is 0 Å². The summed E-state index contributed by atoms with van der Waals surface area (Å²) in [6.07, 6.45) is 8.61. The average Bonchev–Trinajstić information content (AvgIpc) is 3.23. The van der Waals surface area contributed by atoms with Crippen LogP contribution in [0.1, 0.15) is 31.2 Å². The van der Waals surface area contributed by atoms with Gasteiger partial charge in [0.15, 0.2) is 5.76 Å². The van der Waals surface area contributed by atoms with Gasteiger partial charge in [-0.2, -0.15) is 9.78 Å². The third kappa shape index (κ3) is 3.62. The van der Waals surface area contributed by atoms with Crippen LogP contribution in [0.4, 0.5) is 5.69 Å². The highest BCUT2D eigenvalue weighted by Crippen LogP contribution is 2.20. The van der Waals surface area contributed by atoms with E-state index in [4.69, 9.17) is 16.6 Å². The van der Waals surface area contributed by atoms with E-state index < -0.39 is 0 Å². The van der Waals surface area contributed by atoms with Gasteiger partial charge in [-0.3, -0.25) is 0 Å². The predicted molar refractivity (Wildman–Crippen MR) is 105 cm³/mol. The fourth-order valence-electron chi connectivity index (χ4n) is 3.19. The predicted octanol–water partition coefficient (Wildman–Crippen LogP) is 4.46. The quantitative estimate of drug-likeness (QED) is 0.546. The van der Waals surface area contributed by atoms with E-state index in [1.807, 2.05) is 12.1 Å². The highest BCUT2D eigenvalue weighted by molar-refractivity contribution is 7.71. The van der Waals surface area contributed by atoms with Gasteiger partial charge in [0.25, 0.3) is 0 Å². The van der Waals surface area contributed by atoms with E-state index in [2.05, 4.69) is 44.5 Å². The zero-order valence-corrected chi connectivity index (χ0v) is 15.3. The zero-order chi connectivity index (χ0) is 17.8. The molecule has 0 amide bonds. The van der Waals surface area contributed by atoms with Gasteiger partial charge in [-0.15, -0.1) is 5.10 Å². The molecule has 0 bridgehead atoms. The van der Waals surface area contributed by atoms with Gasteiger partial charge >= 0.3 is 0 Å². The van der Waals surface area contributed by atoms with Crippen LogP contribution in [0.3, 0.4) is 0 Å². The van der Waals surface area contributed by atoms with Gasteiger partial charge < -0.3 is 9.32 Å². The fourth-order valence-corrected chi connectivity index (χ4v) is 3.37. The minimum Gasteiger partial charge on any atom is -0.461 e. The first kappa shape index (κ1) is 16.8. The second kappa shape index (κ2) is 7.70. The second-order valence-corrected chi connectivity index (χ2v) is 6.77. The Morgan fingerprint density at radius 1 is 1.08 bits per heavy atom. The van der Waals surface area contributed by atoms with Crippen molar-refractivity contribution in [1.29, 1.82) is 0 Å². The molecule has 4 rings (SSSR count). The number of nitrogens with one attached hydrogen (secondary N) is 1. The first-order valence-electron chi connectivity index (χ1n) is 8.92. The van der Waals surface area contributed by atoms with Gasteiger partial charge in [0.2, 0.25) is 10.6 Å². The molecule has 1 fully saturated rings. The Hall–Kier alpha value is -2.67. The van der Waals surface area contributed by atoms with E-state index in [1.54, 1.807) is 17.2 Å². The van der Waals surface area contributed by atoms with Crippen molar-refractivity contribution in [2.75, 3.05) is 18.0 Å². The lowest BCUT2D eigenvalue weighted by Crippen LogP contribution is -2.23. The maximum absolute atomic E-state index is 5.39. The normalized spacial score (nSPS) is 15.5. The molecule has 7 heteroatoms. The van der Waals surface area contributed by atoms with Crippen molar-refractivity contribution in [1.82, 2.24) is 14.9 Å². The smallest absolute Gasteiger partial charge is 0.219 e. The summed E-state index contributed by atoms with van der Waals surface area (Å²) < 4.78 is 7.38. The monoisotopic (exact) mass is 367 g/mol. The molecule has 2 aromatic heterocycles. The van der Waals surface area contributed by atoms with Crippen LogP contribution in [0.2, 0.25) is 0 Å². The van der Waals surface area contributed by atoms with Crippen LogP contribution >= 0.6 is 12.2 Å². The highest BCUT2D eigenvalue weighted by atomic mass is 32.1. The largest absolute Gasteiger partial charge is 0.461 e. The Labute approximate surface area is 157 Å². The van der Waals surface area contributed by atoms with Crippen LogP contribution in [-0.4, -0.2) is 34.2 Å². The van der Waals surface area contributed by atoms with E-state index in [0.717, 1.165) is 18.7 Å². The molecule has 3 aromatic rings. The van der Waals surface area contributed by atoms with Crippen LogP contribution in [0.25, 0.3) is 11.6 Å². The summed E-state index contributed by atoms with van der Waals surface area (Å²) in [6.45, 7) is 2.29. The molecule has 0 radical (unpaired) electrons. The van der Waals surface area contributed by atoms with E-state index >= 15 is 0 Å². The molecular weight excluding hydrogens is 346 g/mol. The Bertz CT molecular complexity index is 916. The minimum absolute atomic E-state index is 0.425. The number of H-pyrrole nitrogens is 1. The van der Waals surface area contributed by atoms with Crippen LogP contribution in [0.15, 0.2) is 52.2 Å². The molecule has 0 spiro atoms. The SMILES string of the molecule is S=c1[nH]nc(-c2ccco2)n1/N=C\c1ccc(N2CCCCCC2)cc1. The van der Waals surface area contributed by atoms with Crippen molar-refractivity contribution in [3.63, 3.8) is 0 Å². The summed E-state index contributed by atoms with van der Waals surface area (Å²) in [5, 5.41) is 11.4. The minimum atomic E-state index is 0.425. The van der Waals surface area contributed by atoms with Crippen molar-refractivity contribution in [2.45, 2.75) is 25.7 Å². The van der Waals surface area contributed by atoms with Crippen LogP contribution in [0.5, 0.6) is 0 Å². The van der Waals surface area contributed by atoms with Gasteiger partial charge in [-0.1, -0.05) is 25.0 Å². The molecule has 1 aliphatic heterocycles. The molecule has 6 nitrogen and oxygen atoms in total. The summed E-state index contributed by atoms with van der Waals surface area (Å²) in [5.41, 5.74) is 2.29. The van der Waals surface area contributed by atoms with Crippen molar-refractivity contribution in [3.05, 3.63) is 53.0 Å². The number of rotatable bonds is 4. The Balaban J connectivity index is 1.53. The first-order valence-corrected chi connectivity index (χ1v) is 9.33. The maximum Gasteiger partial charge on any atom is 0.219 e. The molecule has 0 aliphatic carbocycles. The molecule has 3 heterocycles. The number of aromatic amines is 1. The Morgan fingerprint density at radius 2 is 1.85 bits per heavy atom. The summed E-state index contributed by atoms with van der Waals surface area (Å²) in [6, 6.07) is 12.1. The molecule has 26 heavy (non-hydrogen) atoms. The molecule has 1 saturated heterocycles. The zero-order valence-electron chi connectivity index (χ0n) is 14.5. The van der Waals surface area contributed by atoms with Crippen LogP contribution in [-0.2, 0) is 0 Å². The number of hydrogen-bond donors (Lipinski definition) is 1. The summed E-state index contributed by atoms with van der Waals surface area (Å²) in [4.78, 5) is 2.47. The van der Waals surface area contributed by atoms with Crippen molar-refractivity contribution in [3.8, 4) is 11.6 Å². The van der Waals surface area contributed by atoms with Crippen molar-refractivity contribution >= 4 is 24.1 Å². The molecule has 134 valence electrons. The third-order valence-electron chi connectivity index (χ3n) is 4.58. The molecule has 1 aliphatic rings. The number of anilines is 1. The molecule has 1 N–H and O–H groups in total. The Morgan fingerprint density at radius 3 is 2.54 bits per heavy atom. The Kier molecular flexibility index (Phi) is 4.97. The number of hydrogen-bond acceptors (Lipinski definition) is 5. The van der Waals surface area contributed by atoms with Gasteiger partial charge in [-0.25, -0.2) is 5.10 Å². The number of aromatic nitrogens is 3. The summed E-state index contributed by atoms with van der Waals surface area (Å²) >= 11 is 5.26. The molecule has 0 saturated carbocycles. The number of furan rings is 1. The highest BCUT2D eigenvalue weighted by Gasteiger charge is 2.11. The second-order valence-electron chi connectivity index (χ2n) is 6.38.